The van der Waals surface area contributed by atoms with Crippen LogP contribution < -0.4 is 0 Å². The van der Waals surface area contributed by atoms with Gasteiger partial charge in [-0.3, -0.25) is 14.4 Å². The number of ketones is 2. The van der Waals surface area contributed by atoms with Gasteiger partial charge in [-0.2, -0.15) is 0 Å². The lowest BCUT2D eigenvalue weighted by atomic mass is 9.44. The van der Waals surface area contributed by atoms with Crippen LogP contribution in [0.1, 0.15) is 79.1 Å². The second-order valence-corrected chi connectivity index (χ2v) is 10.4. The molecule has 4 fully saturated rings. The maximum atomic E-state index is 13.5. The van der Waals surface area contributed by atoms with Crippen molar-refractivity contribution in [3.05, 3.63) is 0 Å². The summed E-state index contributed by atoms with van der Waals surface area (Å²) in [6.07, 6.45) is 7.64. The van der Waals surface area contributed by atoms with E-state index in [0.717, 1.165) is 44.9 Å². The lowest BCUT2D eigenvalue weighted by molar-refractivity contribution is -0.169. The molecule has 4 aliphatic carbocycles. The van der Waals surface area contributed by atoms with Gasteiger partial charge >= 0.3 is 5.97 Å². The molecule has 27 heavy (non-hydrogen) atoms. The SMILES string of the molecule is CC(=O)O[C@@H]1CC[C@]2(C)C3C(=O)C[C@]4(C)C(C(C)=O)CCC4C3CC[C@H]2C1. The minimum atomic E-state index is -0.192. The zero-order valence-electron chi connectivity index (χ0n) is 17.3. The Balaban J connectivity index is 1.60. The van der Waals surface area contributed by atoms with Gasteiger partial charge in [0.15, 0.2) is 0 Å². The molecule has 0 aromatic carbocycles. The molecule has 0 aliphatic heterocycles. The first-order valence-electron chi connectivity index (χ1n) is 10.9. The Bertz CT molecular complexity index is 669. The molecule has 0 aromatic heterocycles. The van der Waals surface area contributed by atoms with Crippen molar-refractivity contribution < 1.29 is 19.1 Å². The molecule has 4 heteroatoms. The number of hydrogen-bond acceptors (Lipinski definition) is 4. The second kappa shape index (κ2) is 6.42. The van der Waals surface area contributed by atoms with Crippen LogP contribution >= 0.6 is 0 Å². The standard InChI is InChI=1S/C23H34O4/c1-13(24)18-7-8-19-17-6-5-15-11-16(27-14(2)25)9-10-22(15,3)21(17)20(26)12-23(18,19)4/h15-19,21H,5-12H2,1-4H3/t15-,16+,17?,18?,19?,21?,22-,23+/m0/s1. The average molecular weight is 375 g/mol. The smallest absolute Gasteiger partial charge is 0.302 e. The first-order valence-corrected chi connectivity index (χ1v) is 10.9. The molecule has 0 aromatic rings. The normalized spacial score (nSPS) is 49.0. The Hall–Kier alpha value is -1.19. The van der Waals surface area contributed by atoms with E-state index in [2.05, 4.69) is 13.8 Å². The van der Waals surface area contributed by atoms with E-state index in [1.807, 2.05) is 0 Å². The molecule has 0 spiro atoms. The lowest BCUT2D eigenvalue weighted by Crippen LogP contribution is -2.58. The molecule has 0 bridgehead atoms. The Morgan fingerprint density at radius 2 is 1.74 bits per heavy atom. The van der Waals surface area contributed by atoms with Crippen molar-refractivity contribution in [2.24, 2.45) is 40.4 Å². The van der Waals surface area contributed by atoms with Crippen molar-refractivity contribution in [1.29, 1.82) is 0 Å². The highest BCUT2D eigenvalue weighted by molar-refractivity contribution is 5.87. The van der Waals surface area contributed by atoms with E-state index >= 15 is 0 Å². The largest absolute Gasteiger partial charge is 0.463 e. The second-order valence-electron chi connectivity index (χ2n) is 10.4. The van der Waals surface area contributed by atoms with Crippen molar-refractivity contribution in [2.45, 2.75) is 85.2 Å². The molecule has 0 amide bonds. The molecule has 4 saturated carbocycles. The monoisotopic (exact) mass is 374 g/mol. The van der Waals surface area contributed by atoms with Gasteiger partial charge in [-0.05, 0) is 80.5 Å². The summed E-state index contributed by atoms with van der Waals surface area (Å²) in [7, 11) is 0. The van der Waals surface area contributed by atoms with Gasteiger partial charge in [0.25, 0.3) is 0 Å². The number of carbonyl (C=O) groups is 3. The highest BCUT2D eigenvalue weighted by Crippen LogP contribution is 2.66. The summed E-state index contributed by atoms with van der Waals surface area (Å²) in [5.74, 6) is 2.11. The quantitative estimate of drug-likeness (QED) is 0.675. The van der Waals surface area contributed by atoms with Crippen molar-refractivity contribution >= 4 is 17.5 Å². The fourth-order valence-electron chi connectivity index (χ4n) is 8.04. The van der Waals surface area contributed by atoms with Crippen LogP contribution in [0, 0.1) is 40.4 Å². The zero-order valence-corrected chi connectivity index (χ0v) is 17.3. The van der Waals surface area contributed by atoms with Gasteiger partial charge in [0, 0.05) is 25.2 Å². The molecule has 0 N–H and O–H groups in total. The highest BCUT2D eigenvalue weighted by Gasteiger charge is 2.63. The van der Waals surface area contributed by atoms with Crippen LogP contribution in [-0.4, -0.2) is 23.6 Å². The molecule has 4 nitrogen and oxygen atoms in total. The van der Waals surface area contributed by atoms with Crippen LogP contribution in [0.15, 0.2) is 0 Å². The van der Waals surface area contributed by atoms with E-state index in [0.29, 0.717) is 30.0 Å². The molecule has 4 unspecified atom stereocenters. The molecule has 4 aliphatic rings. The Morgan fingerprint density at radius 3 is 2.41 bits per heavy atom. The fraction of sp³-hybridized carbons (Fsp3) is 0.870. The number of ether oxygens (including phenoxy) is 1. The number of rotatable bonds is 2. The summed E-state index contributed by atoms with van der Waals surface area (Å²) >= 11 is 0. The van der Waals surface area contributed by atoms with Crippen LogP contribution in [0.3, 0.4) is 0 Å². The van der Waals surface area contributed by atoms with Gasteiger partial charge in [0.2, 0.25) is 0 Å². The van der Waals surface area contributed by atoms with Crippen LogP contribution in [0.4, 0.5) is 0 Å². The van der Waals surface area contributed by atoms with E-state index < -0.39 is 0 Å². The van der Waals surface area contributed by atoms with E-state index in [-0.39, 0.29) is 40.5 Å². The number of carbonyl (C=O) groups excluding carboxylic acids is 3. The lowest BCUT2D eigenvalue weighted by Gasteiger charge is -2.59. The van der Waals surface area contributed by atoms with Crippen LogP contribution in [0.5, 0.6) is 0 Å². The van der Waals surface area contributed by atoms with Gasteiger partial charge in [0.05, 0.1) is 0 Å². The van der Waals surface area contributed by atoms with E-state index in [9.17, 15) is 14.4 Å². The predicted octanol–water partition coefficient (Wildman–Crippen LogP) is 4.35. The van der Waals surface area contributed by atoms with Crippen molar-refractivity contribution in [2.75, 3.05) is 0 Å². The molecule has 0 heterocycles. The minimum Gasteiger partial charge on any atom is -0.463 e. The van der Waals surface area contributed by atoms with Gasteiger partial charge < -0.3 is 4.74 Å². The Morgan fingerprint density at radius 1 is 1.00 bits per heavy atom. The van der Waals surface area contributed by atoms with Crippen LogP contribution in [-0.2, 0) is 19.1 Å². The maximum absolute atomic E-state index is 13.5. The van der Waals surface area contributed by atoms with Gasteiger partial charge in [-0.15, -0.1) is 0 Å². The summed E-state index contributed by atoms with van der Waals surface area (Å²) in [5, 5.41) is 0. The number of hydrogen-bond donors (Lipinski definition) is 0. The van der Waals surface area contributed by atoms with E-state index in [1.165, 1.54) is 6.92 Å². The van der Waals surface area contributed by atoms with Crippen molar-refractivity contribution in [1.82, 2.24) is 0 Å². The Labute approximate surface area is 162 Å². The zero-order chi connectivity index (χ0) is 19.6. The van der Waals surface area contributed by atoms with E-state index in [4.69, 9.17) is 4.74 Å². The third-order valence-electron chi connectivity index (χ3n) is 9.12. The van der Waals surface area contributed by atoms with Gasteiger partial charge in [-0.1, -0.05) is 13.8 Å². The summed E-state index contributed by atoms with van der Waals surface area (Å²) in [4.78, 5) is 37.1. The minimum absolute atomic E-state index is 0.0228. The number of esters is 1. The predicted molar refractivity (Wildman–Crippen MR) is 102 cm³/mol. The third-order valence-corrected chi connectivity index (χ3v) is 9.12. The van der Waals surface area contributed by atoms with Crippen LogP contribution in [0.2, 0.25) is 0 Å². The van der Waals surface area contributed by atoms with Gasteiger partial charge in [0.1, 0.15) is 17.7 Å². The average Bonchev–Trinajstić information content (AvgIpc) is 2.91. The molecule has 8 atom stereocenters. The molecule has 150 valence electrons. The molecule has 0 saturated heterocycles. The van der Waals surface area contributed by atoms with Gasteiger partial charge in [-0.25, -0.2) is 0 Å². The summed E-state index contributed by atoms with van der Waals surface area (Å²) in [6.45, 7) is 7.75. The van der Waals surface area contributed by atoms with E-state index in [1.54, 1.807) is 6.92 Å². The molecule has 0 radical (unpaired) electrons. The highest BCUT2D eigenvalue weighted by atomic mass is 16.5. The van der Waals surface area contributed by atoms with Crippen LogP contribution in [0.25, 0.3) is 0 Å². The number of fused-ring (bicyclic) bond motifs is 5. The topological polar surface area (TPSA) is 60.4 Å². The van der Waals surface area contributed by atoms with Crippen molar-refractivity contribution in [3.8, 4) is 0 Å². The summed E-state index contributed by atoms with van der Waals surface area (Å²) < 4.78 is 5.51. The molecular formula is C23H34O4. The molecular weight excluding hydrogens is 340 g/mol. The first-order chi connectivity index (χ1) is 12.7. The third kappa shape index (κ3) is 2.81. The fourth-order valence-corrected chi connectivity index (χ4v) is 8.04. The first kappa shape index (κ1) is 19.1. The Kier molecular flexibility index (Phi) is 4.55. The molecule has 4 rings (SSSR count). The summed E-state index contributed by atoms with van der Waals surface area (Å²) in [6, 6.07) is 0. The maximum Gasteiger partial charge on any atom is 0.302 e. The number of Topliss-reactive ketones (excluding diaryl/α,β-unsaturated/α-hetero) is 2. The summed E-state index contributed by atoms with van der Waals surface area (Å²) in [5.41, 5.74) is -0.0888. The van der Waals surface area contributed by atoms with Crippen molar-refractivity contribution in [3.63, 3.8) is 0 Å².